The minimum atomic E-state index is -1.24. The van der Waals surface area contributed by atoms with Gasteiger partial charge in [0.15, 0.2) is 5.13 Å². The zero-order chi connectivity index (χ0) is 27.9. The molecular formula is C29H24N6O5S. The molecule has 0 spiro atoms. The number of rotatable bonds is 8. The highest BCUT2D eigenvalue weighted by molar-refractivity contribution is 7.14. The van der Waals surface area contributed by atoms with Crippen molar-refractivity contribution in [3.8, 4) is 11.3 Å². The van der Waals surface area contributed by atoms with Gasteiger partial charge in [0, 0.05) is 45.8 Å². The number of pyridine rings is 1. The fourth-order valence-corrected chi connectivity index (χ4v) is 4.50. The molecule has 5 rings (SSSR count). The zero-order valence-electron chi connectivity index (χ0n) is 21.3. The number of carbonyl (C=O) groups is 3. The highest BCUT2D eigenvalue weighted by Gasteiger charge is 2.13. The number of hydrogen-bond acceptors (Lipinski definition) is 7. The minimum absolute atomic E-state index is 0. The first kappa shape index (κ1) is 28.4. The maximum absolute atomic E-state index is 12.9. The van der Waals surface area contributed by atoms with Crippen molar-refractivity contribution < 1.29 is 25.0 Å². The molecule has 206 valence electrons. The van der Waals surface area contributed by atoms with Gasteiger partial charge in [-0.3, -0.25) is 19.9 Å². The van der Waals surface area contributed by atoms with Crippen LogP contribution in [0.4, 0.5) is 32.7 Å². The van der Waals surface area contributed by atoms with Gasteiger partial charge < -0.3 is 26.5 Å². The first-order valence-corrected chi connectivity index (χ1v) is 12.9. The summed E-state index contributed by atoms with van der Waals surface area (Å²) in [4.78, 5) is 45.3. The summed E-state index contributed by atoms with van der Waals surface area (Å²) in [5.41, 5.74) is 4.33. The van der Waals surface area contributed by atoms with Crippen molar-refractivity contribution in [1.29, 1.82) is 0 Å². The van der Waals surface area contributed by atoms with E-state index in [0.717, 1.165) is 16.9 Å². The van der Waals surface area contributed by atoms with Crippen molar-refractivity contribution >= 4 is 57.1 Å². The SMILES string of the molecule is O.O=C(O)Nc1ccccc1NC(=O)c1ccc(C(=O)Nc2cccc(Nc3nc(-c4cccnc4)cs3)c2)cc1. The predicted octanol–water partition coefficient (Wildman–Crippen LogP) is 5.72. The molecule has 2 heterocycles. The van der Waals surface area contributed by atoms with Crippen molar-refractivity contribution in [2.75, 3.05) is 21.3 Å². The highest BCUT2D eigenvalue weighted by atomic mass is 32.1. The molecule has 0 aliphatic carbocycles. The van der Waals surface area contributed by atoms with Gasteiger partial charge in [-0.15, -0.1) is 11.3 Å². The van der Waals surface area contributed by atoms with Gasteiger partial charge in [-0.2, -0.15) is 0 Å². The van der Waals surface area contributed by atoms with Gasteiger partial charge in [-0.1, -0.05) is 18.2 Å². The summed E-state index contributed by atoms with van der Waals surface area (Å²) >= 11 is 1.46. The van der Waals surface area contributed by atoms with Crippen LogP contribution in [0.2, 0.25) is 0 Å². The molecule has 3 amide bonds. The van der Waals surface area contributed by atoms with E-state index in [4.69, 9.17) is 5.11 Å². The first-order chi connectivity index (χ1) is 19.4. The van der Waals surface area contributed by atoms with Crippen LogP contribution in [0.1, 0.15) is 20.7 Å². The quantitative estimate of drug-likeness (QED) is 0.159. The average Bonchev–Trinajstić information content (AvgIpc) is 3.43. The Hall–Kier alpha value is -5.59. The van der Waals surface area contributed by atoms with Crippen molar-refractivity contribution in [1.82, 2.24) is 9.97 Å². The molecule has 3 aromatic carbocycles. The van der Waals surface area contributed by atoms with Crippen LogP contribution in [0.3, 0.4) is 0 Å². The second kappa shape index (κ2) is 13.0. The maximum atomic E-state index is 12.9. The molecule has 2 aromatic heterocycles. The van der Waals surface area contributed by atoms with E-state index in [9.17, 15) is 14.4 Å². The number of carbonyl (C=O) groups excluding carboxylic acids is 2. The predicted molar refractivity (Wildman–Crippen MR) is 159 cm³/mol. The van der Waals surface area contributed by atoms with Crippen LogP contribution in [-0.2, 0) is 0 Å². The molecular weight excluding hydrogens is 544 g/mol. The highest BCUT2D eigenvalue weighted by Crippen LogP contribution is 2.28. The fraction of sp³-hybridized carbons (Fsp3) is 0. The normalized spacial score (nSPS) is 10.1. The lowest BCUT2D eigenvalue weighted by atomic mass is 10.1. The van der Waals surface area contributed by atoms with Gasteiger partial charge in [0.2, 0.25) is 0 Å². The Morgan fingerprint density at radius 2 is 1.39 bits per heavy atom. The third-order valence-electron chi connectivity index (χ3n) is 5.66. The van der Waals surface area contributed by atoms with Crippen LogP contribution in [0.25, 0.3) is 11.3 Å². The molecule has 0 saturated heterocycles. The molecule has 0 saturated carbocycles. The smallest absolute Gasteiger partial charge is 0.409 e. The van der Waals surface area contributed by atoms with Crippen molar-refractivity contribution in [2.24, 2.45) is 0 Å². The van der Waals surface area contributed by atoms with Crippen molar-refractivity contribution in [3.63, 3.8) is 0 Å². The summed E-state index contributed by atoms with van der Waals surface area (Å²) in [6.45, 7) is 0. The number of benzene rings is 3. The third-order valence-corrected chi connectivity index (χ3v) is 6.42. The van der Waals surface area contributed by atoms with Gasteiger partial charge in [0.25, 0.3) is 11.8 Å². The molecule has 5 aromatic rings. The van der Waals surface area contributed by atoms with Gasteiger partial charge in [-0.25, -0.2) is 9.78 Å². The standard InChI is InChI=1S/C29H22N6O4S.H2O/c36-26(18-10-12-19(13-11-18)27(37)33-23-8-1-2-9-24(23)35-29(38)39)31-21-6-3-7-22(15-21)32-28-34-25(17-40-28)20-5-4-14-30-16-20;/h1-17,35H,(H,31,36)(H,32,34)(H,33,37)(H,38,39);1H2. The summed E-state index contributed by atoms with van der Waals surface area (Å²) in [6.07, 6.45) is 2.23. The van der Waals surface area contributed by atoms with Crippen molar-refractivity contribution in [3.05, 3.63) is 114 Å². The summed E-state index contributed by atoms with van der Waals surface area (Å²) < 4.78 is 0. The summed E-state index contributed by atoms with van der Waals surface area (Å²) in [7, 11) is 0. The number of nitrogens with zero attached hydrogens (tertiary/aromatic N) is 2. The Morgan fingerprint density at radius 3 is 2.05 bits per heavy atom. The number of aromatic nitrogens is 2. The molecule has 12 heteroatoms. The number of thiazole rings is 1. The van der Waals surface area contributed by atoms with Crippen LogP contribution in [0.15, 0.2) is 103 Å². The van der Waals surface area contributed by atoms with Crippen LogP contribution in [0, 0.1) is 0 Å². The van der Waals surface area contributed by atoms with Crippen LogP contribution < -0.4 is 21.3 Å². The molecule has 11 nitrogen and oxygen atoms in total. The summed E-state index contributed by atoms with van der Waals surface area (Å²) in [5, 5.41) is 22.7. The Bertz CT molecular complexity index is 1670. The second-order valence-corrected chi connectivity index (χ2v) is 9.30. The van der Waals surface area contributed by atoms with E-state index >= 15 is 0 Å². The van der Waals surface area contributed by atoms with E-state index < -0.39 is 12.0 Å². The van der Waals surface area contributed by atoms with E-state index in [1.165, 1.54) is 29.5 Å². The van der Waals surface area contributed by atoms with Crippen molar-refractivity contribution in [2.45, 2.75) is 0 Å². The van der Waals surface area contributed by atoms with E-state index in [0.29, 0.717) is 27.6 Å². The number of nitrogens with one attached hydrogen (secondary N) is 4. The van der Waals surface area contributed by atoms with Gasteiger partial charge in [0.05, 0.1) is 17.1 Å². The second-order valence-electron chi connectivity index (χ2n) is 8.45. The number of para-hydroxylation sites is 2. The Morgan fingerprint density at radius 1 is 0.732 bits per heavy atom. The fourth-order valence-electron chi connectivity index (χ4n) is 3.76. The molecule has 0 fully saturated rings. The zero-order valence-corrected chi connectivity index (χ0v) is 22.1. The third kappa shape index (κ3) is 7.29. The topological polar surface area (TPSA) is 177 Å². The van der Waals surface area contributed by atoms with Gasteiger partial charge in [-0.05, 0) is 66.7 Å². The van der Waals surface area contributed by atoms with Gasteiger partial charge >= 0.3 is 6.09 Å². The molecule has 0 atom stereocenters. The van der Waals surface area contributed by atoms with E-state index in [-0.39, 0.29) is 17.1 Å². The lowest BCUT2D eigenvalue weighted by Crippen LogP contribution is -2.16. The largest absolute Gasteiger partial charge is 0.465 e. The molecule has 0 aliphatic rings. The lowest BCUT2D eigenvalue weighted by Gasteiger charge is -2.11. The maximum Gasteiger partial charge on any atom is 0.409 e. The Balaban J connectivity index is 0.00000387. The number of carboxylic acid groups (broad SMARTS) is 1. The van der Waals surface area contributed by atoms with Crippen LogP contribution in [0.5, 0.6) is 0 Å². The van der Waals surface area contributed by atoms with Crippen LogP contribution in [-0.4, -0.2) is 38.5 Å². The lowest BCUT2D eigenvalue weighted by molar-refractivity contribution is 0.101. The number of hydrogen-bond donors (Lipinski definition) is 5. The molecule has 0 aliphatic heterocycles. The molecule has 0 unspecified atom stereocenters. The van der Waals surface area contributed by atoms with Crippen LogP contribution >= 0.6 is 11.3 Å². The van der Waals surface area contributed by atoms with E-state index in [2.05, 4.69) is 31.2 Å². The number of amides is 3. The summed E-state index contributed by atoms with van der Waals surface area (Å²) in [5.74, 6) is -0.785. The summed E-state index contributed by atoms with van der Waals surface area (Å²) in [6, 6.07) is 23.7. The molecule has 7 N–H and O–H groups in total. The average molecular weight is 569 g/mol. The first-order valence-electron chi connectivity index (χ1n) is 12.0. The molecule has 41 heavy (non-hydrogen) atoms. The monoisotopic (exact) mass is 568 g/mol. The molecule has 0 radical (unpaired) electrons. The Labute approximate surface area is 238 Å². The minimum Gasteiger partial charge on any atom is -0.465 e. The Kier molecular flexibility index (Phi) is 8.99. The van der Waals surface area contributed by atoms with Gasteiger partial charge in [0.1, 0.15) is 0 Å². The van der Waals surface area contributed by atoms with E-state index in [1.54, 1.807) is 54.9 Å². The van der Waals surface area contributed by atoms with E-state index in [1.807, 2.05) is 29.6 Å². The number of anilines is 5. The molecule has 0 bridgehead atoms.